The van der Waals surface area contributed by atoms with E-state index in [1.165, 1.54) is 31.4 Å². The Kier molecular flexibility index (Phi) is 9.29. The molecule has 0 bridgehead atoms. The van der Waals surface area contributed by atoms with Crippen LogP contribution < -0.4 is 10.1 Å². The Labute approximate surface area is 217 Å². The number of carboxylic acids is 1. The molecule has 4 nitrogen and oxygen atoms in total. The molecule has 0 spiro atoms. The first-order valence-corrected chi connectivity index (χ1v) is 13.2. The maximum absolute atomic E-state index is 15.3. The first-order chi connectivity index (χ1) is 17.9. The van der Waals surface area contributed by atoms with Crippen LogP contribution in [-0.4, -0.2) is 24.2 Å². The molecule has 1 saturated carbocycles. The lowest BCUT2D eigenvalue weighted by atomic mass is 9.83. The van der Waals surface area contributed by atoms with Crippen molar-refractivity contribution in [2.45, 2.75) is 62.9 Å². The standard InChI is InChI=1S/C31H35F2NO3/c32-31(33,26-15-13-24(14-16-26)23-8-3-1-4-9-23)27-17-19-28(20-18-27)37-29(25-10-5-2-6-11-25)12-7-21-34-22-30(35)36/h2,5-6,10-11,13-20,23,29,34H,1,3-4,7-9,12,21-22H2,(H,35,36). The predicted octanol–water partition coefficient (Wildman–Crippen LogP) is 7.45. The molecule has 3 aromatic rings. The maximum Gasteiger partial charge on any atom is 0.317 e. The van der Waals surface area contributed by atoms with Gasteiger partial charge in [-0.3, -0.25) is 4.79 Å². The number of halogens is 2. The third-order valence-electron chi connectivity index (χ3n) is 7.11. The summed E-state index contributed by atoms with van der Waals surface area (Å²) >= 11 is 0. The smallest absolute Gasteiger partial charge is 0.317 e. The highest BCUT2D eigenvalue weighted by Crippen LogP contribution is 2.39. The largest absolute Gasteiger partial charge is 0.486 e. The van der Waals surface area contributed by atoms with Gasteiger partial charge >= 0.3 is 5.97 Å². The summed E-state index contributed by atoms with van der Waals surface area (Å²) in [6.45, 7) is 0.458. The molecule has 1 aliphatic rings. The van der Waals surface area contributed by atoms with Gasteiger partial charge in [-0.15, -0.1) is 0 Å². The molecule has 1 aliphatic carbocycles. The van der Waals surface area contributed by atoms with Crippen molar-refractivity contribution in [2.24, 2.45) is 0 Å². The van der Waals surface area contributed by atoms with Crippen LogP contribution in [0.5, 0.6) is 5.75 Å². The van der Waals surface area contributed by atoms with Gasteiger partial charge in [-0.05, 0) is 73.5 Å². The van der Waals surface area contributed by atoms with Crippen molar-refractivity contribution in [1.29, 1.82) is 0 Å². The first kappa shape index (κ1) is 26.8. The molecule has 196 valence electrons. The number of ether oxygens (including phenoxy) is 1. The fraction of sp³-hybridized carbons (Fsp3) is 0.387. The van der Waals surface area contributed by atoms with Gasteiger partial charge in [0.05, 0.1) is 6.54 Å². The molecule has 0 heterocycles. The minimum atomic E-state index is -3.10. The molecule has 1 unspecified atom stereocenters. The summed E-state index contributed by atoms with van der Waals surface area (Å²) in [4.78, 5) is 10.7. The van der Waals surface area contributed by atoms with Crippen LogP contribution in [0.1, 0.15) is 79.2 Å². The Morgan fingerprint density at radius 2 is 1.54 bits per heavy atom. The molecule has 1 atom stereocenters. The zero-order chi connectivity index (χ0) is 26.1. The third kappa shape index (κ3) is 7.39. The lowest BCUT2D eigenvalue weighted by Gasteiger charge is -2.23. The van der Waals surface area contributed by atoms with E-state index < -0.39 is 11.9 Å². The summed E-state index contributed by atoms with van der Waals surface area (Å²) in [6, 6.07) is 22.6. The van der Waals surface area contributed by atoms with E-state index in [-0.39, 0.29) is 23.8 Å². The second-order valence-electron chi connectivity index (χ2n) is 9.79. The van der Waals surface area contributed by atoms with E-state index in [1.807, 2.05) is 42.5 Å². The van der Waals surface area contributed by atoms with Crippen molar-refractivity contribution < 1.29 is 23.4 Å². The molecule has 2 N–H and O–H groups in total. The molecule has 0 aliphatic heterocycles. The van der Waals surface area contributed by atoms with Gasteiger partial charge in [0.1, 0.15) is 11.9 Å². The van der Waals surface area contributed by atoms with Gasteiger partial charge in [0.25, 0.3) is 5.92 Å². The number of rotatable bonds is 12. The van der Waals surface area contributed by atoms with Gasteiger partial charge in [-0.25, -0.2) is 0 Å². The first-order valence-electron chi connectivity index (χ1n) is 13.2. The monoisotopic (exact) mass is 507 g/mol. The fourth-order valence-corrected chi connectivity index (χ4v) is 5.04. The van der Waals surface area contributed by atoms with Crippen molar-refractivity contribution in [3.63, 3.8) is 0 Å². The van der Waals surface area contributed by atoms with Crippen molar-refractivity contribution in [2.75, 3.05) is 13.1 Å². The zero-order valence-electron chi connectivity index (χ0n) is 21.0. The van der Waals surface area contributed by atoms with Crippen LogP contribution in [0.4, 0.5) is 8.78 Å². The second kappa shape index (κ2) is 12.8. The highest BCUT2D eigenvalue weighted by molar-refractivity contribution is 5.68. The number of nitrogens with one attached hydrogen (secondary N) is 1. The summed E-state index contributed by atoms with van der Waals surface area (Å²) in [5.41, 5.74) is 2.07. The van der Waals surface area contributed by atoms with E-state index in [0.29, 0.717) is 31.1 Å². The van der Waals surface area contributed by atoms with Crippen LogP contribution in [0.25, 0.3) is 0 Å². The zero-order valence-corrected chi connectivity index (χ0v) is 21.0. The topological polar surface area (TPSA) is 58.6 Å². The Hall–Kier alpha value is -3.25. The van der Waals surface area contributed by atoms with Crippen LogP contribution in [-0.2, 0) is 10.7 Å². The molecule has 1 fully saturated rings. The maximum atomic E-state index is 15.3. The number of alkyl halides is 2. The fourth-order valence-electron chi connectivity index (χ4n) is 5.04. The molecule has 3 aromatic carbocycles. The van der Waals surface area contributed by atoms with Crippen LogP contribution in [0.3, 0.4) is 0 Å². The van der Waals surface area contributed by atoms with E-state index in [1.54, 1.807) is 24.3 Å². The molecule has 37 heavy (non-hydrogen) atoms. The minimum absolute atomic E-state index is 0.00301. The minimum Gasteiger partial charge on any atom is -0.486 e. The molecule has 0 aromatic heterocycles. The van der Waals surface area contributed by atoms with Gasteiger partial charge in [-0.2, -0.15) is 8.78 Å². The summed E-state index contributed by atoms with van der Waals surface area (Å²) in [5.74, 6) is -3.00. The Morgan fingerprint density at radius 3 is 2.16 bits per heavy atom. The number of carbonyl (C=O) groups is 1. The van der Waals surface area contributed by atoms with E-state index in [2.05, 4.69) is 5.32 Å². The molecule has 0 saturated heterocycles. The van der Waals surface area contributed by atoms with E-state index in [0.717, 1.165) is 24.0 Å². The molecular formula is C31H35F2NO3. The van der Waals surface area contributed by atoms with Crippen LogP contribution in [0.2, 0.25) is 0 Å². The van der Waals surface area contributed by atoms with Gasteiger partial charge in [0.15, 0.2) is 0 Å². The Morgan fingerprint density at radius 1 is 0.919 bits per heavy atom. The summed E-state index contributed by atoms with van der Waals surface area (Å²) < 4.78 is 36.9. The van der Waals surface area contributed by atoms with Crippen LogP contribution in [0.15, 0.2) is 78.9 Å². The molecule has 4 rings (SSSR count). The number of hydrogen-bond acceptors (Lipinski definition) is 3. The van der Waals surface area contributed by atoms with E-state index >= 15 is 8.78 Å². The summed E-state index contributed by atoms with van der Waals surface area (Å²) in [7, 11) is 0. The quantitative estimate of drug-likeness (QED) is 0.250. The second-order valence-corrected chi connectivity index (χ2v) is 9.79. The average molecular weight is 508 g/mol. The van der Waals surface area contributed by atoms with E-state index in [4.69, 9.17) is 9.84 Å². The van der Waals surface area contributed by atoms with Crippen molar-refractivity contribution >= 4 is 5.97 Å². The molecule has 0 amide bonds. The normalized spacial score (nSPS) is 15.3. The molecule has 6 heteroatoms. The third-order valence-corrected chi connectivity index (χ3v) is 7.11. The van der Waals surface area contributed by atoms with Gasteiger partial charge in [-0.1, -0.05) is 73.9 Å². The highest BCUT2D eigenvalue weighted by atomic mass is 19.3. The lowest BCUT2D eigenvalue weighted by molar-refractivity contribution is -0.135. The van der Waals surface area contributed by atoms with E-state index in [9.17, 15) is 4.79 Å². The lowest BCUT2D eigenvalue weighted by Crippen LogP contribution is -2.24. The summed E-state index contributed by atoms with van der Waals surface area (Å²) in [6.07, 6.45) is 7.06. The van der Waals surface area contributed by atoms with Crippen molar-refractivity contribution in [1.82, 2.24) is 5.32 Å². The Bertz CT molecular complexity index is 1110. The van der Waals surface area contributed by atoms with Gasteiger partial charge in [0, 0.05) is 11.1 Å². The van der Waals surface area contributed by atoms with Gasteiger partial charge < -0.3 is 15.2 Å². The summed E-state index contributed by atoms with van der Waals surface area (Å²) in [5, 5.41) is 11.7. The average Bonchev–Trinajstić information content (AvgIpc) is 2.93. The number of aliphatic carboxylic acids is 1. The van der Waals surface area contributed by atoms with Crippen molar-refractivity contribution in [3.05, 3.63) is 101 Å². The Balaban J connectivity index is 1.41. The van der Waals surface area contributed by atoms with Gasteiger partial charge in [0.2, 0.25) is 0 Å². The molecule has 0 radical (unpaired) electrons. The van der Waals surface area contributed by atoms with Crippen molar-refractivity contribution in [3.8, 4) is 5.75 Å². The van der Waals surface area contributed by atoms with Crippen LogP contribution in [0, 0.1) is 0 Å². The predicted molar refractivity (Wildman–Crippen MR) is 141 cm³/mol. The SMILES string of the molecule is O=C(O)CNCCCC(Oc1ccc(C(F)(F)c2ccc(C3CCCCC3)cc2)cc1)c1ccccc1. The molecular weight excluding hydrogens is 472 g/mol. The van der Waals surface area contributed by atoms with Crippen LogP contribution >= 0.6 is 0 Å². The number of benzene rings is 3. The number of hydrogen-bond donors (Lipinski definition) is 2. The number of carboxylic acid groups (broad SMARTS) is 1. The highest BCUT2D eigenvalue weighted by Gasteiger charge is 2.34.